The van der Waals surface area contributed by atoms with Crippen molar-refractivity contribution in [2.75, 3.05) is 19.6 Å². The van der Waals surface area contributed by atoms with Crippen LogP contribution in [0.1, 0.15) is 25.3 Å². The van der Waals surface area contributed by atoms with Gasteiger partial charge >= 0.3 is 6.09 Å². The summed E-state index contributed by atoms with van der Waals surface area (Å²) in [5.41, 5.74) is 1.01. The highest BCUT2D eigenvalue weighted by Crippen LogP contribution is 2.21. The van der Waals surface area contributed by atoms with Crippen LogP contribution in [-0.2, 0) is 16.1 Å². The van der Waals surface area contributed by atoms with Gasteiger partial charge in [0.2, 0.25) is 0 Å². The molecule has 2 heterocycles. The van der Waals surface area contributed by atoms with Crippen LogP contribution in [-0.4, -0.2) is 47.8 Å². The third kappa shape index (κ3) is 4.86. The van der Waals surface area contributed by atoms with Crippen LogP contribution in [0, 0.1) is 0 Å². The van der Waals surface area contributed by atoms with Gasteiger partial charge in [-0.15, -0.1) is 0 Å². The lowest BCUT2D eigenvalue weighted by atomic mass is 10.0. The summed E-state index contributed by atoms with van der Waals surface area (Å²) in [5.74, 6) is 0. The van der Waals surface area contributed by atoms with Crippen molar-refractivity contribution in [1.29, 1.82) is 0 Å². The van der Waals surface area contributed by atoms with Crippen molar-refractivity contribution in [3.63, 3.8) is 0 Å². The van der Waals surface area contributed by atoms with Crippen molar-refractivity contribution < 1.29 is 14.3 Å². The quantitative estimate of drug-likeness (QED) is 0.843. The van der Waals surface area contributed by atoms with Crippen LogP contribution in [0.3, 0.4) is 0 Å². The fourth-order valence-corrected chi connectivity index (χ4v) is 3.33. The maximum Gasteiger partial charge on any atom is 0.410 e. The predicted octanol–water partition coefficient (Wildman–Crippen LogP) is 3.54. The van der Waals surface area contributed by atoms with E-state index in [1.165, 1.54) is 0 Å². The summed E-state index contributed by atoms with van der Waals surface area (Å²) in [4.78, 5) is 16.4. The van der Waals surface area contributed by atoms with Gasteiger partial charge in [0.15, 0.2) is 0 Å². The van der Waals surface area contributed by atoms with Gasteiger partial charge in [0, 0.05) is 25.7 Å². The Bertz CT molecular complexity index is 607. The fraction of sp³-hybridized carbons (Fsp3) is 0.450. The van der Waals surface area contributed by atoms with Crippen LogP contribution in [0.4, 0.5) is 4.79 Å². The molecule has 2 aliphatic heterocycles. The molecule has 2 aliphatic rings. The largest absolute Gasteiger partial charge is 0.483 e. The highest BCUT2D eigenvalue weighted by atomic mass is 16.6. The number of allylic oxidation sites excluding steroid dienone is 2. The monoisotopic (exact) mass is 342 g/mol. The van der Waals surface area contributed by atoms with Crippen molar-refractivity contribution in [3.05, 3.63) is 60.4 Å². The van der Waals surface area contributed by atoms with Gasteiger partial charge in [-0.1, -0.05) is 42.5 Å². The zero-order valence-corrected chi connectivity index (χ0v) is 14.7. The fourth-order valence-electron chi connectivity index (χ4n) is 3.33. The Balaban J connectivity index is 1.47. The molecule has 1 unspecified atom stereocenters. The first-order valence-corrected chi connectivity index (χ1v) is 8.92. The summed E-state index contributed by atoms with van der Waals surface area (Å²) in [5, 5.41) is 0. The predicted molar refractivity (Wildman–Crippen MR) is 96.8 cm³/mol. The second kappa shape index (κ2) is 8.72. The molecule has 0 spiro atoms. The average Bonchev–Trinajstić information content (AvgIpc) is 2.64. The average molecular weight is 342 g/mol. The standard InChI is InChI=1S/C20H26N2O3/c1-17-22(12-6-3-7-15-24-17)19-10-13-21(14-11-19)20(23)25-16-18-8-4-2-5-9-18/h2-9,15,17,19H,10-14,16H2,1H3/b6-3-,15-7-. The van der Waals surface area contributed by atoms with Crippen LogP contribution < -0.4 is 0 Å². The molecule has 0 bridgehead atoms. The van der Waals surface area contributed by atoms with Crippen LogP contribution in [0.25, 0.3) is 0 Å². The molecular weight excluding hydrogens is 316 g/mol. The number of likely N-dealkylation sites (tertiary alicyclic amines) is 1. The summed E-state index contributed by atoms with van der Waals surface area (Å²) in [6.07, 6.45) is 9.51. The molecule has 1 fully saturated rings. The molecule has 1 amide bonds. The molecule has 134 valence electrons. The zero-order valence-electron chi connectivity index (χ0n) is 14.7. The highest BCUT2D eigenvalue weighted by Gasteiger charge is 2.30. The molecule has 1 aromatic carbocycles. The molecule has 0 N–H and O–H groups in total. The summed E-state index contributed by atoms with van der Waals surface area (Å²) >= 11 is 0. The van der Waals surface area contributed by atoms with Gasteiger partial charge in [-0.05, 0) is 31.4 Å². The second-order valence-electron chi connectivity index (χ2n) is 6.45. The summed E-state index contributed by atoms with van der Waals surface area (Å²) in [6.45, 7) is 4.72. The maximum absolute atomic E-state index is 12.3. The van der Waals surface area contributed by atoms with E-state index in [1.54, 1.807) is 6.26 Å². The van der Waals surface area contributed by atoms with E-state index in [9.17, 15) is 4.79 Å². The summed E-state index contributed by atoms with van der Waals surface area (Å²) in [7, 11) is 0. The molecule has 1 atom stereocenters. The van der Waals surface area contributed by atoms with E-state index >= 15 is 0 Å². The van der Waals surface area contributed by atoms with Gasteiger partial charge in [0.05, 0.1) is 6.26 Å². The topological polar surface area (TPSA) is 42.0 Å². The Hall–Kier alpha value is -2.27. The smallest absolute Gasteiger partial charge is 0.410 e. The van der Waals surface area contributed by atoms with Crippen molar-refractivity contribution in [2.45, 2.75) is 38.6 Å². The molecule has 3 rings (SSSR count). The van der Waals surface area contributed by atoms with E-state index in [2.05, 4.69) is 17.9 Å². The number of benzene rings is 1. The van der Waals surface area contributed by atoms with Crippen LogP contribution in [0.15, 0.2) is 54.8 Å². The minimum Gasteiger partial charge on any atom is -0.483 e. The Morgan fingerprint density at radius 3 is 2.72 bits per heavy atom. The number of ether oxygens (including phenoxy) is 2. The summed E-state index contributed by atoms with van der Waals surface area (Å²) < 4.78 is 11.1. The van der Waals surface area contributed by atoms with Gasteiger partial charge in [-0.2, -0.15) is 0 Å². The van der Waals surface area contributed by atoms with Crippen molar-refractivity contribution in [3.8, 4) is 0 Å². The normalized spacial score (nSPS) is 24.7. The van der Waals surface area contributed by atoms with E-state index in [1.807, 2.05) is 47.4 Å². The van der Waals surface area contributed by atoms with E-state index < -0.39 is 0 Å². The number of carbonyl (C=O) groups is 1. The molecule has 0 aromatic heterocycles. The zero-order chi connectivity index (χ0) is 17.5. The van der Waals surface area contributed by atoms with Crippen LogP contribution in [0.2, 0.25) is 0 Å². The lowest BCUT2D eigenvalue weighted by Gasteiger charge is -2.40. The van der Waals surface area contributed by atoms with Gasteiger partial charge in [0.1, 0.15) is 12.8 Å². The van der Waals surface area contributed by atoms with Crippen molar-refractivity contribution in [1.82, 2.24) is 9.80 Å². The first-order chi connectivity index (χ1) is 12.2. The minimum absolute atomic E-state index is 0.0442. The molecule has 5 heteroatoms. The van der Waals surface area contributed by atoms with Crippen molar-refractivity contribution >= 4 is 6.09 Å². The Labute approximate surface area is 149 Å². The molecule has 0 radical (unpaired) electrons. The van der Waals surface area contributed by atoms with Crippen molar-refractivity contribution in [2.24, 2.45) is 0 Å². The first kappa shape index (κ1) is 17.5. The van der Waals surface area contributed by atoms with E-state index in [-0.39, 0.29) is 12.3 Å². The van der Waals surface area contributed by atoms with Crippen LogP contribution in [0.5, 0.6) is 0 Å². The molecule has 0 aliphatic carbocycles. The summed E-state index contributed by atoms with van der Waals surface area (Å²) in [6, 6.07) is 10.2. The van der Waals surface area contributed by atoms with E-state index in [0.717, 1.165) is 38.0 Å². The number of hydrogen-bond acceptors (Lipinski definition) is 4. The number of amides is 1. The van der Waals surface area contributed by atoms with Gasteiger partial charge < -0.3 is 14.4 Å². The molecule has 0 saturated carbocycles. The maximum atomic E-state index is 12.3. The van der Waals surface area contributed by atoms with E-state index in [0.29, 0.717) is 12.6 Å². The number of hydrogen-bond donors (Lipinski definition) is 0. The lowest BCUT2D eigenvalue weighted by molar-refractivity contribution is -0.0312. The third-order valence-electron chi connectivity index (χ3n) is 4.78. The third-order valence-corrected chi connectivity index (χ3v) is 4.78. The lowest BCUT2D eigenvalue weighted by Crippen LogP contribution is -2.50. The second-order valence-corrected chi connectivity index (χ2v) is 6.45. The number of rotatable bonds is 3. The number of piperidine rings is 1. The Morgan fingerprint density at radius 2 is 1.96 bits per heavy atom. The van der Waals surface area contributed by atoms with Gasteiger partial charge in [0.25, 0.3) is 0 Å². The van der Waals surface area contributed by atoms with Gasteiger partial charge in [-0.3, -0.25) is 4.90 Å². The highest BCUT2D eigenvalue weighted by molar-refractivity contribution is 5.67. The SMILES string of the molecule is CC1O/C=C\C=C/CN1C1CCN(C(=O)OCc2ccccc2)CC1. The molecule has 5 nitrogen and oxygen atoms in total. The molecule has 25 heavy (non-hydrogen) atoms. The van der Waals surface area contributed by atoms with Crippen LogP contribution >= 0.6 is 0 Å². The number of carbonyl (C=O) groups excluding carboxylic acids is 1. The Morgan fingerprint density at radius 1 is 1.20 bits per heavy atom. The molecular formula is C20H26N2O3. The molecule has 1 aromatic rings. The minimum atomic E-state index is -0.220. The van der Waals surface area contributed by atoms with Gasteiger partial charge in [-0.25, -0.2) is 4.79 Å². The molecule has 1 saturated heterocycles. The van der Waals surface area contributed by atoms with E-state index in [4.69, 9.17) is 9.47 Å². The number of nitrogens with zero attached hydrogens (tertiary/aromatic N) is 2. The first-order valence-electron chi connectivity index (χ1n) is 8.92. The Kier molecular flexibility index (Phi) is 6.12.